The largest absolute Gasteiger partial charge is 0.348 e. The molecule has 1 aromatic heterocycles. The summed E-state index contributed by atoms with van der Waals surface area (Å²) in [5.74, 6) is 0.450. The van der Waals surface area contributed by atoms with Crippen LogP contribution in [-0.2, 0) is 0 Å². The highest BCUT2D eigenvalue weighted by atomic mass is 16.1. The molecule has 0 bridgehead atoms. The maximum absolute atomic E-state index is 11.8. The Labute approximate surface area is 101 Å². The standard InChI is InChI=1S/C13H15N3O/c1-9(11-3-2-4-11)16-13(17)12-6-5-10(7-14)8-15-12/h5-6,8-9,11H,2-4H2,1H3,(H,16,17). The fourth-order valence-corrected chi connectivity index (χ4v) is 1.93. The number of hydrogen-bond acceptors (Lipinski definition) is 3. The second kappa shape index (κ2) is 4.96. The van der Waals surface area contributed by atoms with Crippen molar-refractivity contribution in [3.8, 4) is 6.07 Å². The van der Waals surface area contributed by atoms with E-state index in [1.54, 1.807) is 12.1 Å². The Morgan fingerprint density at radius 3 is 2.82 bits per heavy atom. The van der Waals surface area contributed by atoms with Crippen LogP contribution in [0.4, 0.5) is 0 Å². The molecule has 1 atom stereocenters. The number of pyridine rings is 1. The first-order valence-corrected chi connectivity index (χ1v) is 5.87. The number of hydrogen-bond donors (Lipinski definition) is 1. The Hall–Kier alpha value is -1.89. The average Bonchev–Trinajstić information content (AvgIpc) is 2.26. The molecule has 17 heavy (non-hydrogen) atoms. The Balaban J connectivity index is 1.96. The van der Waals surface area contributed by atoms with Crippen LogP contribution >= 0.6 is 0 Å². The highest BCUT2D eigenvalue weighted by Crippen LogP contribution is 2.29. The molecule has 4 nitrogen and oxygen atoms in total. The predicted molar refractivity (Wildman–Crippen MR) is 63.2 cm³/mol. The van der Waals surface area contributed by atoms with Crippen molar-refractivity contribution in [1.29, 1.82) is 5.26 Å². The van der Waals surface area contributed by atoms with Crippen LogP contribution in [0, 0.1) is 17.2 Å². The smallest absolute Gasteiger partial charge is 0.270 e. The molecule has 1 saturated carbocycles. The van der Waals surface area contributed by atoms with Gasteiger partial charge in [0.25, 0.3) is 5.91 Å². The topological polar surface area (TPSA) is 65.8 Å². The summed E-state index contributed by atoms with van der Waals surface area (Å²) in [5, 5.41) is 11.6. The van der Waals surface area contributed by atoms with Gasteiger partial charge in [-0.3, -0.25) is 4.79 Å². The molecule has 1 amide bonds. The zero-order valence-corrected chi connectivity index (χ0v) is 9.81. The molecule has 1 fully saturated rings. The normalized spacial score (nSPS) is 16.7. The van der Waals surface area contributed by atoms with Crippen LogP contribution in [0.5, 0.6) is 0 Å². The van der Waals surface area contributed by atoms with Crippen molar-refractivity contribution in [2.24, 2.45) is 5.92 Å². The molecule has 1 heterocycles. The van der Waals surface area contributed by atoms with Gasteiger partial charge in [0, 0.05) is 12.2 Å². The summed E-state index contributed by atoms with van der Waals surface area (Å²) in [7, 11) is 0. The molecule has 88 valence electrons. The molecule has 2 rings (SSSR count). The Morgan fingerprint density at radius 2 is 2.35 bits per heavy atom. The fourth-order valence-electron chi connectivity index (χ4n) is 1.93. The monoisotopic (exact) mass is 229 g/mol. The molecule has 0 aromatic carbocycles. The van der Waals surface area contributed by atoms with E-state index in [1.165, 1.54) is 25.5 Å². The van der Waals surface area contributed by atoms with Crippen LogP contribution in [-0.4, -0.2) is 16.9 Å². The van der Waals surface area contributed by atoms with Crippen molar-refractivity contribution in [3.05, 3.63) is 29.6 Å². The Morgan fingerprint density at radius 1 is 1.59 bits per heavy atom. The molecule has 1 aliphatic rings. The van der Waals surface area contributed by atoms with Gasteiger partial charge in [0.05, 0.1) is 5.56 Å². The third-order valence-corrected chi connectivity index (χ3v) is 3.34. The van der Waals surface area contributed by atoms with E-state index in [1.807, 2.05) is 13.0 Å². The molecule has 1 aliphatic carbocycles. The lowest BCUT2D eigenvalue weighted by Crippen LogP contribution is -2.40. The van der Waals surface area contributed by atoms with E-state index >= 15 is 0 Å². The Kier molecular flexibility index (Phi) is 3.38. The van der Waals surface area contributed by atoms with Crippen molar-refractivity contribution in [2.75, 3.05) is 0 Å². The van der Waals surface area contributed by atoms with Gasteiger partial charge in [-0.2, -0.15) is 5.26 Å². The number of carbonyl (C=O) groups is 1. The third kappa shape index (κ3) is 2.62. The quantitative estimate of drug-likeness (QED) is 0.860. The number of rotatable bonds is 3. The third-order valence-electron chi connectivity index (χ3n) is 3.34. The minimum absolute atomic E-state index is 0.158. The van der Waals surface area contributed by atoms with E-state index in [9.17, 15) is 4.79 Å². The number of nitrogens with one attached hydrogen (secondary N) is 1. The highest BCUT2D eigenvalue weighted by Gasteiger charge is 2.25. The molecule has 1 N–H and O–H groups in total. The summed E-state index contributed by atoms with van der Waals surface area (Å²) >= 11 is 0. The zero-order chi connectivity index (χ0) is 12.3. The van der Waals surface area contributed by atoms with Gasteiger partial charge in [0.1, 0.15) is 11.8 Å². The van der Waals surface area contributed by atoms with Crippen LogP contribution in [0.2, 0.25) is 0 Å². The molecule has 4 heteroatoms. The maximum atomic E-state index is 11.8. The molecule has 0 saturated heterocycles. The summed E-state index contributed by atoms with van der Waals surface area (Å²) in [4.78, 5) is 15.8. The van der Waals surface area contributed by atoms with E-state index in [2.05, 4.69) is 10.3 Å². The van der Waals surface area contributed by atoms with E-state index in [4.69, 9.17) is 5.26 Å². The maximum Gasteiger partial charge on any atom is 0.270 e. The van der Waals surface area contributed by atoms with E-state index < -0.39 is 0 Å². The van der Waals surface area contributed by atoms with E-state index in [0.29, 0.717) is 17.2 Å². The van der Waals surface area contributed by atoms with Gasteiger partial charge in [-0.1, -0.05) is 6.42 Å². The second-order valence-electron chi connectivity index (χ2n) is 4.50. The average molecular weight is 229 g/mol. The molecule has 1 aromatic rings. The lowest BCUT2D eigenvalue weighted by Gasteiger charge is -2.31. The summed E-state index contributed by atoms with van der Waals surface area (Å²) in [6.07, 6.45) is 5.08. The van der Waals surface area contributed by atoms with Gasteiger partial charge in [-0.05, 0) is 37.8 Å². The Bertz CT molecular complexity index is 443. The van der Waals surface area contributed by atoms with Crippen LogP contribution in [0.25, 0.3) is 0 Å². The van der Waals surface area contributed by atoms with Gasteiger partial charge in [-0.15, -0.1) is 0 Å². The second-order valence-corrected chi connectivity index (χ2v) is 4.50. The van der Waals surface area contributed by atoms with Gasteiger partial charge in [0.15, 0.2) is 0 Å². The van der Waals surface area contributed by atoms with Crippen LogP contribution in [0.3, 0.4) is 0 Å². The predicted octanol–water partition coefficient (Wildman–Crippen LogP) is 1.87. The first-order valence-electron chi connectivity index (χ1n) is 5.87. The van der Waals surface area contributed by atoms with E-state index in [0.717, 1.165) is 0 Å². The van der Waals surface area contributed by atoms with Crippen LogP contribution in [0.15, 0.2) is 18.3 Å². The fraction of sp³-hybridized carbons (Fsp3) is 0.462. The first kappa shape index (κ1) is 11.6. The van der Waals surface area contributed by atoms with Gasteiger partial charge in [0.2, 0.25) is 0 Å². The van der Waals surface area contributed by atoms with Crippen molar-refractivity contribution in [3.63, 3.8) is 0 Å². The van der Waals surface area contributed by atoms with Crippen molar-refractivity contribution in [2.45, 2.75) is 32.2 Å². The number of nitriles is 1. The lowest BCUT2D eigenvalue weighted by molar-refractivity contribution is 0.0904. The van der Waals surface area contributed by atoms with Crippen LogP contribution < -0.4 is 5.32 Å². The number of aromatic nitrogens is 1. The minimum atomic E-state index is -0.158. The molecule has 0 radical (unpaired) electrons. The number of amides is 1. The summed E-state index contributed by atoms with van der Waals surface area (Å²) in [5.41, 5.74) is 0.837. The summed E-state index contributed by atoms with van der Waals surface area (Å²) in [6, 6.07) is 5.37. The molecule has 1 unspecified atom stereocenters. The lowest BCUT2D eigenvalue weighted by atomic mass is 9.80. The molecule has 0 spiro atoms. The number of carbonyl (C=O) groups excluding carboxylic acids is 1. The van der Waals surface area contributed by atoms with Gasteiger partial charge in [-0.25, -0.2) is 4.98 Å². The summed E-state index contributed by atoms with van der Waals surface area (Å²) < 4.78 is 0. The molecular formula is C13H15N3O. The SMILES string of the molecule is CC(NC(=O)c1ccc(C#N)cn1)C1CCC1. The van der Waals surface area contributed by atoms with Gasteiger partial charge < -0.3 is 5.32 Å². The van der Waals surface area contributed by atoms with Crippen molar-refractivity contribution in [1.82, 2.24) is 10.3 Å². The summed E-state index contributed by atoms with van der Waals surface area (Å²) in [6.45, 7) is 2.03. The van der Waals surface area contributed by atoms with Crippen molar-refractivity contribution >= 4 is 5.91 Å². The zero-order valence-electron chi connectivity index (χ0n) is 9.81. The first-order chi connectivity index (χ1) is 8.20. The van der Waals surface area contributed by atoms with Crippen molar-refractivity contribution < 1.29 is 4.79 Å². The molecule has 0 aliphatic heterocycles. The van der Waals surface area contributed by atoms with Gasteiger partial charge >= 0.3 is 0 Å². The minimum Gasteiger partial charge on any atom is -0.348 e. The highest BCUT2D eigenvalue weighted by molar-refractivity contribution is 5.92. The van der Waals surface area contributed by atoms with E-state index in [-0.39, 0.29) is 11.9 Å². The van der Waals surface area contributed by atoms with Crippen LogP contribution in [0.1, 0.15) is 42.2 Å². The molecular weight excluding hydrogens is 214 g/mol. The number of nitrogens with zero attached hydrogens (tertiary/aromatic N) is 2.